The van der Waals surface area contributed by atoms with E-state index in [0.29, 0.717) is 0 Å². The van der Waals surface area contributed by atoms with Crippen LogP contribution in [0, 0.1) is 17.1 Å². The summed E-state index contributed by atoms with van der Waals surface area (Å²) in [6.45, 7) is -5.04. The Labute approximate surface area is 127 Å². The Morgan fingerprint density at radius 1 is 1.27 bits per heavy atom. The van der Waals surface area contributed by atoms with Gasteiger partial charge < -0.3 is 12.9 Å². The average molecular weight is 241 g/mol. The first-order valence-corrected chi connectivity index (χ1v) is 3.82. The molecule has 1 rings (SSSR count). The van der Waals surface area contributed by atoms with Crippen LogP contribution in [0.2, 0.25) is 0 Å². The molecule has 1 aromatic carbocycles. The molecule has 0 bridgehead atoms. The van der Waals surface area contributed by atoms with Crippen molar-refractivity contribution in [1.82, 2.24) is 0 Å². The first-order valence-electron chi connectivity index (χ1n) is 3.82. The molecule has 0 saturated heterocycles. The normalized spacial score (nSPS) is 10.3. The van der Waals surface area contributed by atoms with Gasteiger partial charge in [-0.3, -0.25) is 0 Å². The second-order valence-electron chi connectivity index (χ2n) is 2.83. The van der Waals surface area contributed by atoms with Crippen LogP contribution in [0.3, 0.4) is 0 Å². The summed E-state index contributed by atoms with van der Waals surface area (Å²) in [7, 11) is 0. The van der Waals surface area contributed by atoms with Crippen molar-refractivity contribution in [3.63, 3.8) is 0 Å². The van der Waals surface area contributed by atoms with Crippen molar-refractivity contribution in [2.75, 3.05) is 0 Å². The summed E-state index contributed by atoms with van der Waals surface area (Å²) < 4.78 is 48.6. The fourth-order valence-corrected chi connectivity index (χ4v) is 1.09. The molecule has 0 aromatic heterocycles. The van der Waals surface area contributed by atoms with Gasteiger partial charge in [0.25, 0.3) is 0 Å². The third-order valence-electron chi connectivity index (χ3n) is 1.64. The van der Waals surface area contributed by atoms with E-state index in [2.05, 4.69) is 0 Å². The number of hydrogen-bond donors (Lipinski definition) is 0. The van der Waals surface area contributed by atoms with Gasteiger partial charge in [-0.15, -0.1) is 0 Å². The molecule has 1 aromatic rings. The standard InChI is InChI=1S/C8H5BF4N.K/c10-8-2-1-6(5-14)7(3-8)4-9(11,12)13;/h1-3H,4H2;/q-1;+1. The maximum atomic E-state index is 12.6. The van der Waals surface area contributed by atoms with Gasteiger partial charge in [-0.25, -0.2) is 4.39 Å². The van der Waals surface area contributed by atoms with E-state index < -0.39 is 19.1 Å². The molecule has 0 aliphatic rings. The monoisotopic (exact) mass is 241 g/mol. The third kappa shape index (κ3) is 5.13. The van der Waals surface area contributed by atoms with E-state index in [1.165, 1.54) is 0 Å². The molecule has 1 nitrogen and oxygen atoms in total. The summed E-state index contributed by atoms with van der Waals surface area (Å²) in [4.78, 5) is 0. The summed E-state index contributed by atoms with van der Waals surface area (Å²) in [5, 5.41) is 8.47. The quantitative estimate of drug-likeness (QED) is 0.512. The molecule has 74 valence electrons. The van der Waals surface area contributed by atoms with Gasteiger partial charge in [0.05, 0.1) is 11.6 Å². The molecule has 15 heavy (non-hydrogen) atoms. The van der Waals surface area contributed by atoms with Gasteiger partial charge in [0.1, 0.15) is 5.82 Å². The first-order chi connectivity index (χ1) is 6.42. The Morgan fingerprint density at radius 2 is 1.87 bits per heavy atom. The van der Waals surface area contributed by atoms with Crippen LogP contribution in [0.5, 0.6) is 0 Å². The van der Waals surface area contributed by atoms with Crippen molar-refractivity contribution in [3.8, 4) is 6.07 Å². The molecule has 0 spiro atoms. The molecule has 7 heteroatoms. The zero-order valence-electron chi connectivity index (χ0n) is 7.98. The van der Waals surface area contributed by atoms with Crippen molar-refractivity contribution in [2.24, 2.45) is 0 Å². The van der Waals surface area contributed by atoms with Gasteiger partial charge in [0.15, 0.2) is 0 Å². The van der Waals surface area contributed by atoms with Gasteiger partial charge in [-0.2, -0.15) is 5.26 Å². The second kappa shape index (κ2) is 6.01. The zero-order chi connectivity index (χ0) is 10.8. The van der Waals surface area contributed by atoms with Crippen molar-refractivity contribution in [3.05, 3.63) is 35.1 Å². The second-order valence-corrected chi connectivity index (χ2v) is 2.83. The van der Waals surface area contributed by atoms with Crippen LogP contribution in [0.25, 0.3) is 0 Å². The minimum absolute atomic E-state index is 0. The van der Waals surface area contributed by atoms with E-state index in [-0.39, 0.29) is 62.5 Å². The molecular weight excluding hydrogens is 236 g/mol. The van der Waals surface area contributed by atoms with E-state index in [4.69, 9.17) is 5.26 Å². The van der Waals surface area contributed by atoms with Crippen molar-refractivity contribution in [2.45, 2.75) is 6.32 Å². The summed E-state index contributed by atoms with van der Waals surface area (Å²) in [5.74, 6) is -0.765. The largest absolute Gasteiger partial charge is 1.00 e. The van der Waals surface area contributed by atoms with Crippen LogP contribution in [0.1, 0.15) is 11.1 Å². The Balaban J connectivity index is 0.00000196. The van der Waals surface area contributed by atoms with Crippen LogP contribution in [-0.2, 0) is 6.32 Å². The van der Waals surface area contributed by atoms with E-state index in [1.807, 2.05) is 0 Å². The molecule has 0 N–H and O–H groups in total. The van der Waals surface area contributed by atoms with Crippen LogP contribution in [-0.4, -0.2) is 6.98 Å². The summed E-state index contributed by atoms with van der Waals surface area (Å²) in [6.07, 6.45) is -1.22. The first kappa shape index (κ1) is 15.1. The van der Waals surface area contributed by atoms with Gasteiger partial charge in [-0.05, 0) is 18.2 Å². The Hall–Kier alpha value is 0.131. The molecule has 0 atom stereocenters. The smallest absolute Gasteiger partial charge is 0.449 e. The number of nitriles is 1. The van der Waals surface area contributed by atoms with E-state index in [1.54, 1.807) is 6.07 Å². The van der Waals surface area contributed by atoms with Crippen molar-refractivity contribution < 1.29 is 68.7 Å². The number of hydrogen-bond acceptors (Lipinski definition) is 1. The summed E-state index contributed by atoms with van der Waals surface area (Å²) >= 11 is 0. The van der Waals surface area contributed by atoms with Crippen LogP contribution < -0.4 is 51.4 Å². The molecule has 0 radical (unpaired) electrons. The Bertz CT molecular complexity index is 385. The maximum absolute atomic E-state index is 12.6. The minimum atomic E-state index is -5.04. The number of rotatable bonds is 2. The van der Waals surface area contributed by atoms with Gasteiger partial charge >= 0.3 is 58.4 Å². The Kier molecular flexibility index (Phi) is 6.07. The number of benzene rings is 1. The topological polar surface area (TPSA) is 23.8 Å². The predicted octanol–water partition coefficient (Wildman–Crippen LogP) is -0.370. The molecule has 0 heterocycles. The molecule has 0 saturated carbocycles. The van der Waals surface area contributed by atoms with Crippen LogP contribution in [0.15, 0.2) is 18.2 Å². The minimum Gasteiger partial charge on any atom is -0.449 e. The number of halogens is 4. The predicted molar refractivity (Wildman–Crippen MR) is 43.9 cm³/mol. The average Bonchev–Trinajstić information content (AvgIpc) is 2.01. The van der Waals surface area contributed by atoms with E-state index >= 15 is 0 Å². The molecule has 0 aliphatic carbocycles. The van der Waals surface area contributed by atoms with Crippen LogP contribution >= 0.6 is 0 Å². The SMILES string of the molecule is N#Cc1ccc(F)cc1C[B-](F)(F)F.[K+]. The van der Waals surface area contributed by atoms with Gasteiger partial charge in [-0.1, -0.05) is 11.9 Å². The van der Waals surface area contributed by atoms with Gasteiger partial charge in [0.2, 0.25) is 0 Å². The van der Waals surface area contributed by atoms with Gasteiger partial charge in [0, 0.05) is 0 Å². The van der Waals surface area contributed by atoms with Crippen LogP contribution in [0.4, 0.5) is 17.3 Å². The maximum Gasteiger partial charge on any atom is 1.00 e. The fourth-order valence-electron chi connectivity index (χ4n) is 1.09. The van der Waals surface area contributed by atoms with E-state index in [0.717, 1.165) is 18.2 Å². The molecular formula is C8H5BF4KN. The molecule has 0 fully saturated rings. The molecule has 0 unspecified atom stereocenters. The van der Waals surface area contributed by atoms with Crippen molar-refractivity contribution in [1.29, 1.82) is 5.26 Å². The Morgan fingerprint density at radius 3 is 2.33 bits per heavy atom. The third-order valence-corrected chi connectivity index (χ3v) is 1.64. The number of nitrogens with zero attached hydrogens (tertiary/aromatic N) is 1. The summed E-state index contributed by atoms with van der Waals surface area (Å²) in [6, 6.07) is 4.34. The summed E-state index contributed by atoms with van der Waals surface area (Å²) in [5.41, 5.74) is -0.439. The molecule has 0 aliphatic heterocycles. The zero-order valence-corrected chi connectivity index (χ0v) is 11.1. The fraction of sp³-hybridized carbons (Fsp3) is 0.125. The molecule has 0 amide bonds. The van der Waals surface area contributed by atoms with Crippen molar-refractivity contribution >= 4 is 6.98 Å². The van der Waals surface area contributed by atoms with E-state index in [9.17, 15) is 17.3 Å².